The van der Waals surface area contributed by atoms with E-state index in [2.05, 4.69) is 38.9 Å². The zero-order valence-electron chi connectivity index (χ0n) is 11.8. The molecule has 1 rings (SSSR count). The van der Waals surface area contributed by atoms with Crippen molar-refractivity contribution in [3.63, 3.8) is 0 Å². The van der Waals surface area contributed by atoms with Crippen LogP contribution in [0.5, 0.6) is 0 Å². The van der Waals surface area contributed by atoms with Crippen molar-refractivity contribution in [1.29, 1.82) is 0 Å². The predicted octanol–water partition coefficient (Wildman–Crippen LogP) is 2.83. The lowest BCUT2D eigenvalue weighted by molar-refractivity contribution is -0.123. The zero-order chi connectivity index (χ0) is 12.9. The first-order valence-electron chi connectivity index (χ1n) is 6.77. The minimum atomic E-state index is 0.255. The van der Waals surface area contributed by atoms with Crippen LogP contribution in [0.4, 0.5) is 0 Å². The van der Waals surface area contributed by atoms with E-state index < -0.39 is 0 Å². The van der Waals surface area contributed by atoms with Crippen molar-refractivity contribution in [2.24, 2.45) is 11.3 Å². The SMILES string of the molecule is C#CCCCNC1CC(OCC(C)C)C1(C)C. The van der Waals surface area contributed by atoms with Crippen LogP contribution in [0.2, 0.25) is 0 Å². The van der Waals surface area contributed by atoms with Crippen LogP contribution < -0.4 is 5.32 Å². The van der Waals surface area contributed by atoms with Crippen LogP contribution in [-0.2, 0) is 4.74 Å². The molecule has 0 aromatic rings. The third-order valence-corrected chi connectivity index (χ3v) is 3.70. The maximum Gasteiger partial charge on any atom is 0.0656 e. The minimum absolute atomic E-state index is 0.255. The molecule has 98 valence electrons. The molecular formula is C15H27NO. The van der Waals surface area contributed by atoms with E-state index in [0.29, 0.717) is 18.1 Å². The van der Waals surface area contributed by atoms with Crippen molar-refractivity contribution in [1.82, 2.24) is 5.32 Å². The van der Waals surface area contributed by atoms with Gasteiger partial charge in [-0.2, -0.15) is 0 Å². The first-order chi connectivity index (χ1) is 7.98. The van der Waals surface area contributed by atoms with Crippen LogP contribution in [0.1, 0.15) is 47.0 Å². The van der Waals surface area contributed by atoms with E-state index >= 15 is 0 Å². The molecule has 0 saturated heterocycles. The second kappa shape index (κ2) is 6.42. The molecule has 1 aliphatic carbocycles. The van der Waals surface area contributed by atoms with Gasteiger partial charge in [0.1, 0.15) is 0 Å². The summed E-state index contributed by atoms with van der Waals surface area (Å²) < 4.78 is 5.94. The summed E-state index contributed by atoms with van der Waals surface area (Å²) >= 11 is 0. The Kier molecular flexibility index (Phi) is 5.49. The lowest BCUT2D eigenvalue weighted by atomic mass is 9.64. The molecule has 17 heavy (non-hydrogen) atoms. The average molecular weight is 237 g/mol. The topological polar surface area (TPSA) is 21.3 Å². The van der Waals surface area contributed by atoms with E-state index in [9.17, 15) is 0 Å². The first-order valence-corrected chi connectivity index (χ1v) is 6.77. The molecule has 0 aliphatic heterocycles. The van der Waals surface area contributed by atoms with Crippen LogP contribution in [-0.4, -0.2) is 25.3 Å². The van der Waals surface area contributed by atoms with E-state index in [4.69, 9.17) is 11.2 Å². The van der Waals surface area contributed by atoms with Crippen molar-refractivity contribution < 1.29 is 4.74 Å². The standard InChI is InChI=1S/C15H27NO/c1-6-7-8-9-16-13-10-14(15(13,4)5)17-11-12(2)3/h1,12-14,16H,7-11H2,2-5H3. The van der Waals surface area contributed by atoms with Crippen molar-refractivity contribution in [2.75, 3.05) is 13.2 Å². The van der Waals surface area contributed by atoms with Gasteiger partial charge in [0.15, 0.2) is 0 Å². The number of rotatable bonds is 7. The molecular weight excluding hydrogens is 210 g/mol. The Morgan fingerprint density at radius 3 is 2.71 bits per heavy atom. The Balaban J connectivity index is 2.22. The highest BCUT2D eigenvalue weighted by molar-refractivity contribution is 5.02. The molecule has 1 aliphatic rings. The molecule has 2 unspecified atom stereocenters. The maximum absolute atomic E-state index is 5.94. The van der Waals surface area contributed by atoms with Crippen molar-refractivity contribution >= 4 is 0 Å². The highest BCUT2D eigenvalue weighted by Crippen LogP contribution is 2.42. The fourth-order valence-electron chi connectivity index (χ4n) is 2.29. The molecule has 2 nitrogen and oxygen atoms in total. The summed E-state index contributed by atoms with van der Waals surface area (Å²) in [7, 11) is 0. The molecule has 0 heterocycles. The number of hydrogen-bond acceptors (Lipinski definition) is 2. The molecule has 2 heteroatoms. The van der Waals surface area contributed by atoms with Gasteiger partial charge in [-0.25, -0.2) is 0 Å². The fourth-order valence-corrected chi connectivity index (χ4v) is 2.29. The van der Waals surface area contributed by atoms with Crippen molar-refractivity contribution in [3.05, 3.63) is 0 Å². The van der Waals surface area contributed by atoms with Crippen LogP contribution in [0.15, 0.2) is 0 Å². The van der Waals surface area contributed by atoms with Gasteiger partial charge in [-0.3, -0.25) is 0 Å². The normalized spacial score (nSPS) is 26.6. The quantitative estimate of drug-likeness (QED) is 0.543. The van der Waals surface area contributed by atoms with Crippen LogP contribution in [0.25, 0.3) is 0 Å². The van der Waals surface area contributed by atoms with Gasteiger partial charge in [0.2, 0.25) is 0 Å². The van der Waals surface area contributed by atoms with Crippen molar-refractivity contribution in [2.45, 2.75) is 59.1 Å². The van der Waals surface area contributed by atoms with E-state index in [1.54, 1.807) is 0 Å². The van der Waals surface area contributed by atoms with Gasteiger partial charge in [-0.15, -0.1) is 12.3 Å². The molecule has 0 spiro atoms. The molecule has 0 bridgehead atoms. The summed E-state index contributed by atoms with van der Waals surface area (Å²) in [5.74, 6) is 3.29. The van der Waals surface area contributed by atoms with Gasteiger partial charge in [-0.05, 0) is 25.3 Å². The Bertz CT molecular complexity index is 265. The highest BCUT2D eigenvalue weighted by Gasteiger charge is 2.48. The summed E-state index contributed by atoms with van der Waals surface area (Å²) in [6.45, 7) is 10.9. The molecule has 1 N–H and O–H groups in total. The Labute approximate surface area is 107 Å². The van der Waals surface area contributed by atoms with Gasteiger partial charge < -0.3 is 10.1 Å². The van der Waals surface area contributed by atoms with Gasteiger partial charge in [0.05, 0.1) is 6.10 Å². The van der Waals surface area contributed by atoms with E-state index in [1.165, 1.54) is 0 Å². The number of nitrogens with one attached hydrogen (secondary N) is 1. The van der Waals surface area contributed by atoms with Gasteiger partial charge in [0, 0.05) is 24.5 Å². The summed E-state index contributed by atoms with van der Waals surface area (Å²) in [4.78, 5) is 0. The molecule has 0 amide bonds. The van der Waals surface area contributed by atoms with Crippen molar-refractivity contribution in [3.8, 4) is 12.3 Å². The third kappa shape index (κ3) is 4.01. The summed E-state index contributed by atoms with van der Waals surface area (Å²) in [5, 5.41) is 3.59. The molecule has 1 fully saturated rings. The maximum atomic E-state index is 5.94. The lowest BCUT2D eigenvalue weighted by Gasteiger charge is -2.52. The van der Waals surface area contributed by atoms with E-state index in [-0.39, 0.29) is 5.41 Å². The van der Waals surface area contributed by atoms with Crippen LogP contribution >= 0.6 is 0 Å². The molecule has 1 saturated carbocycles. The summed E-state index contributed by atoms with van der Waals surface area (Å²) in [6.07, 6.45) is 8.72. The van der Waals surface area contributed by atoms with E-state index in [0.717, 1.165) is 32.4 Å². The van der Waals surface area contributed by atoms with Crippen LogP contribution in [0.3, 0.4) is 0 Å². The molecule has 2 atom stereocenters. The Morgan fingerprint density at radius 1 is 1.47 bits per heavy atom. The lowest BCUT2D eigenvalue weighted by Crippen LogP contribution is -2.61. The molecule has 0 radical (unpaired) electrons. The number of terminal acetylenes is 1. The van der Waals surface area contributed by atoms with Gasteiger partial charge >= 0.3 is 0 Å². The summed E-state index contributed by atoms with van der Waals surface area (Å²) in [6, 6.07) is 0.581. The fraction of sp³-hybridized carbons (Fsp3) is 0.867. The Hall–Kier alpha value is -0.520. The highest BCUT2D eigenvalue weighted by atomic mass is 16.5. The molecule has 0 aromatic heterocycles. The minimum Gasteiger partial charge on any atom is -0.377 e. The summed E-state index contributed by atoms with van der Waals surface area (Å²) in [5.41, 5.74) is 0.255. The monoisotopic (exact) mass is 237 g/mol. The van der Waals surface area contributed by atoms with Crippen LogP contribution in [0, 0.1) is 23.7 Å². The number of ether oxygens (including phenoxy) is 1. The largest absolute Gasteiger partial charge is 0.377 e. The third-order valence-electron chi connectivity index (χ3n) is 3.70. The predicted molar refractivity (Wildman–Crippen MR) is 72.8 cm³/mol. The molecule has 0 aromatic carbocycles. The average Bonchev–Trinajstić information content (AvgIpc) is 2.25. The zero-order valence-corrected chi connectivity index (χ0v) is 11.8. The van der Waals surface area contributed by atoms with E-state index in [1.807, 2.05) is 0 Å². The number of hydrogen-bond donors (Lipinski definition) is 1. The Morgan fingerprint density at radius 2 is 2.18 bits per heavy atom. The van der Waals surface area contributed by atoms with Gasteiger partial charge in [0.25, 0.3) is 0 Å². The smallest absolute Gasteiger partial charge is 0.0656 e. The van der Waals surface area contributed by atoms with Gasteiger partial charge in [-0.1, -0.05) is 27.7 Å². The first kappa shape index (κ1) is 14.5. The second-order valence-electron chi connectivity index (χ2n) is 6.09. The number of unbranched alkanes of at least 4 members (excludes halogenated alkanes) is 1. The second-order valence-corrected chi connectivity index (χ2v) is 6.09.